The molecule has 0 radical (unpaired) electrons. The number of carboxylic acid groups (broad SMARTS) is 1. The number of aromatic carboxylic acids is 1. The maximum Gasteiger partial charge on any atom is 0.416 e. The van der Waals surface area contributed by atoms with Gasteiger partial charge < -0.3 is 9.67 Å². The summed E-state index contributed by atoms with van der Waals surface area (Å²) in [6.45, 7) is 2.15. The van der Waals surface area contributed by atoms with Gasteiger partial charge in [-0.25, -0.2) is 4.79 Å². The average Bonchev–Trinajstić information content (AvgIpc) is 2.70. The Morgan fingerprint density at radius 3 is 2.20 bits per heavy atom. The van der Waals surface area contributed by atoms with Crippen LogP contribution in [-0.2, 0) is 19.1 Å². The van der Waals surface area contributed by atoms with Crippen molar-refractivity contribution in [1.82, 2.24) is 4.57 Å². The Labute approximate surface area is 171 Å². The second kappa shape index (κ2) is 8.57. The molecule has 0 spiro atoms. The number of aromatic nitrogens is 1. The van der Waals surface area contributed by atoms with Gasteiger partial charge >= 0.3 is 12.1 Å². The van der Waals surface area contributed by atoms with E-state index in [1.54, 1.807) is 4.57 Å². The van der Waals surface area contributed by atoms with Crippen molar-refractivity contribution in [2.24, 2.45) is 0 Å². The van der Waals surface area contributed by atoms with Crippen LogP contribution < -0.4 is 5.43 Å². The summed E-state index contributed by atoms with van der Waals surface area (Å²) in [4.78, 5) is 24.4. The smallest absolute Gasteiger partial charge is 0.416 e. The Morgan fingerprint density at radius 2 is 1.67 bits per heavy atom. The molecule has 1 N–H and O–H groups in total. The summed E-state index contributed by atoms with van der Waals surface area (Å²) in [7, 11) is 0. The Balaban J connectivity index is 2.25. The van der Waals surface area contributed by atoms with Crippen LogP contribution in [-0.4, -0.2) is 15.6 Å². The van der Waals surface area contributed by atoms with Gasteiger partial charge in [-0.2, -0.15) is 13.2 Å². The maximum absolute atomic E-state index is 12.9. The van der Waals surface area contributed by atoms with Gasteiger partial charge in [0.05, 0.1) is 11.3 Å². The number of rotatable bonds is 6. The van der Waals surface area contributed by atoms with Crippen LogP contribution in [0.25, 0.3) is 11.3 Å². The van der Waals surface area contributed by atoms with Crippen LogP contribution in [0.5, 0.6) is 0 Å². The lowest BCUT2D eigenvalue weighted by atomic mass is 10.0. The number of hydrogen-bond donors (Lipinski definition) is 1. The summed E-state index contributed by atoms with van der Waals surface area (Å²) in [6.07, 6.45) is -3.52. The van der Waals surface area contributed by atoms with Gasteiger partial charge in [0, 0.05) is 18.3 Å². The largest absolute Gasteiger partial charge is 0.477 e. The zero-order chi connectivity index (χ0) is 21.9. The first kappa shape index (κ1) is 21.4. The molecule has 3 aromatic rings. The fraction of sp³-hybridized carbons (Fsp3) is 0.217. The molecule has 0 aliphatic heterocycles. The molecule has 0 saturated carbocycles. The number of carbonyl (C=O) groups is 1. The quantitative estimate of drug-likeness (QED) is 0.600. The van der Waals surface area contributed by atoms with E-state index < -0.39 is 23.1 Å². The van der Waals surface area contributed by atoms with E-state index in [0.29, 0.717) is 29.8 Å². The van der Waals surface area contributed by atoms with Gasteiger partial charge in [-0.15, -0.1) is 0 Å². The molecule has 0 aliphatic carbocycles. The van der Waals surface area contributed by atoms with Crippen molar-refractivity contribution in [1.29, 1.82) is 0 Å². The first-order chi connectivity index (χ1) is 14.2. The van der Waals surface area contributed by atoms with Crippen LogP contribution >= 0.6 is 0 Å². The van der Waals surface area contributed by atoms with E-state index >= 15 is 0 Å². The molecular formula is C23H20F3NO3. The summed E-state index contributed by atoms with van der Waals surface area (Å²) >= 11 is 0. The van der Waals surface area contributed by atoms with E-state index in [-0.39, 0.29) is 12.1 Å². The van der Waals surface area contributed by atoms with E-state index in [1.165, 1.54) is 18.2 Å². The highest BCUT2D eigenvalue weighted by Crippen LogP contribution is 2.31. The molecule has 7 heteroatoms. The number of nitrogens with zero attached hydrogens (tertiary/aromatic N) is 1. The third-order valence-corrected chi connectivity index (χ3v) is 4.81. The van der Waals surface area contributed by atoms with E-state index in [1.807, 2.05) is 37.3 Å². The molecule has 0 bridgehead atoms. The number of carboxylic acids is 1. The van der Waals surface area contributed by atoms with Crippen molar-refractivity contribution >= 4 is 5.97 Å². The molecule has 30 heavy (non-hydrogen) atoms. The molecule has 1 heterocycles. The van der Waals surface area contributed by atoms with Gasteiger partial charge in [0.25, 0.3) is 0 Å². The third-order valence-electron chi connectivity index (χ3n) is 4.81. The van der Waals surface area contributed by atoms with Gasteiger partial charge in [-0.05, 0) is 29.7 Å². The normalized spacial score (nSPS) is 11.5. The minimum atomic E-state index is -4.47. The summed E-state index contributed by atoms with van der Waals surface area (Å²) in [5, 5.41) is 9.61. The van der Waals surface area contributed by atoms with E-state index in [4.69, 9.17) is 0 Å². The summed E-state index contributed by atoms with van der Waals surface area (Å²) in [5.41, 5.74) is 0.267. The molecule has 156 valence electrons. The minimum absolute atomic E-state index is 0.285. The Morgan fingerprint density at radius 1 is 1.03 bits per heavy atom. The zero-order valence-electron chi connectivity index (χ0n) is 16.2. The molecule has 1 aromatic heterocycles. The van der Waals surface area contributed by atoms with E-state index in [2.05, 4.69) is 0 Å². The molecule has 0 aliphatic rings. The number of alkyl halides is 3. The van der Waals surface area contributed by atoms with Crippen LogP contribution in [0.3, 0.4) is 0 Å². The average molecular weight is 415 g/mol. The second-order valence-electron chi connectivity index (χ2n) is 6.92. The molecule has 0 amide bonds. The molecule has 4 nitrogen and oxygen atoms in total. The second-order valence-corrected chi connectivity index (χ2v) is 6.92. The summed E-state index contributed by atoms with van der Waals surface area (Å²) in [6, 6.07) is 15.0. The van der Waals surface area contributed by atoms with E-state index in [0.717, 1.165) is 17.7 Å². The predicted octanol–water partition coefficient (Wildman–Crippen LogP) is 5.23. The van der Waals surface area contributed by atoms with Crippen LogP contribution in [0.15, 0.2) is 65.5 Å². The molecule has 0 saturated heterocycles. The van der Waals surface area contributed by atoms with Crippen molar-refractivity contribution in [3.63, 3.8) is 0 Å². The van der Waals surface area contributed by atoms with Gasteiger partial charge in [-0.3, -0.25) is 4.79 Å². The first-order valence-corrected chi connectivity index (χ1v) is 9.44. The number of benzene rings is 2. The lowest BCUT2D eigenvalue weighted by Crippen LogP contribution is -2.25. The number of hydrogen-bond acceptors (Lipinski definition) is 2. The van der Waals surface area contributed by atoms with Crippen LogP contribution in [0.2, 0.25) is 0 Å². The van der Waals surface area contributed by atoms with Crippen molar-refractivity contribution in [3.05, 3.63) is 93.3 Å². The fourth-order valence-electron chi connectivity index (χ4n) is 3.44. The monoisotopic (exact) mass is 415 g/mol. The highest BCUT2D eigenvalue weighted by atomic mass is 19.4. The van der Waals surface area contributed by atoms with Crippen molar-refractivity contribution in [2.75, 3.05) is 0 Å². The molecule has 0 fully saturated rings. The van der Waals surface area contributed by atoms with Crippen molar-refractivity contribution < 1.29 is 23.1 Å². The number of pyridine rings is 1. The maximum atomic E-state index is 12.9. The SMILES string of the molecule is CCCc1c(C(=O)O)c(=O)cc(-c2ccc(C(F)(F)F)cc2)n1Cc1ccccc1. The standard InChI is InChI=1S/C23H20F3NO3/c1-2-6-18-21(22(29)30)20(28)13-19(27(18)14-15-7-4-3-5-8-15)16-9-11-17(12-10-16)23(24,25)26/h3-5,7-13H,2,6,14H2,1H3,(H,29,30). The topological polar surface area (TPSA) is 59.3 Å². The van der Waals surface area contributed by atoms with Crippen LogP contribution in [0, 0.1) is 0 Å². The first-order valence-electron chi connectivity index (χ1n) is 9.44. The van der Waals surface area contributed by atoms with Crippen LogP contribution in [0.1, 0.15) is 40.5 Å². The van der Waals surface area contributed by atoms with E-state index in [9.17, 15) is 27.9 Å². The predicted molar refractivity (Wildman–Crippen MR) is 108 cm³/mol. The Kier molecular flexibility index (Phi) is 6.10. The summed E-state index contributed by atoms with van der Waals surface area (Å²) in [5.74, 6) is -1.32. The van der Waals surface area contributed by atoms with Crippen LogP contribution in [0.4, 0.5) is 13.2 Å². The molecular weight excluding hydrogens is 395 g/mol. The molecule has 3 rings (SSSR count). The van der Waals surface area contributed by atoms with Crippen molar-refractivity contribution in [2.45, 2.75) is 32.5 Å². The molecule has 2 aromatic carbocycles. The third kappa shape index (κ3) is 4.45. The lowest BCUT2D eigenvalue weighted by molar-refractivity contribution is -0.137. The van der Waals surface area contributed by atoms with Crippen molar-refractivity contribution in [3.8, 4) is 11.3 Å². The highest BCUT2D eigenvalue weighted by molar-refractivity contribution is 5.89. The van der Waals surface area contributed by atoms with Gasteiger partial charge in [0.1, 0.15) is 5.56 Å². The molecule has 0 atom stereocenters. The Hall–Kier alpha value is -3.35. The zero-order valence-corrected chi connectivity index (χ0v) is 16.2. The van der Waals surface area contributed by atoms with Gasteiger partial charge in [0.2, 0.25) is 0 Å². The highest BCUT2D eigenvalue weighted by Gasteiger charge is 2.30. The summed E-state index contributed by atoms with van der Waals surface area (Å²) < 4.78 is 40.5. The minimum Gasteiger partial charge on any atom is -0.477 e. The number of halogens is 3. The van der Waals surface area contributed by atoms with Gasteiger partial charge in [-0.1, -0.05) is 55.8 Å². The molecule has 0 unspecified atom stereocenters. The fourth-order valence-corrected chi connectivity index (χ4v) is 3.44. The Bertz CT molecular complexity index is 1100. The van der Waals surface area contributed by atoms with Gasteiger partial charge in [0.15, 0.2) is 5.43 Å². The lowest BCUT2D eigenvalue weighted by Gasteiger charge is -2.21.